The zero-order valence-corrected chi connectivity index (χ0v) is 12.6. The van der Waals surface area contributed by atoms with Gasteiger partial charge in [0, 0.05) is 16.5 Å². The molecule has 1 nitrogen and oxygen atoms in total. The van der Waals surface area contributed by atoms with Crippen molar-refractivity contribution < 1.29 is 4.74 Å². The number of ether oxygens (including phenoxy) is 1. The monoisotopic (exact) mass is 278 g/mol. The Hall–Kier alpha value is -1.76. The highest BCUT2D eigenvalue weighted by atomic mass is 16.5. The predicted octanol–water partition coefficient (Wildman–Crippen LogP) is 5.68. The van der Waals surface area contributed by atoms with Crippen molar-refractivity contribution in [3.63, 3.8) is 0 Å². The molecule has 1 heterocycles. The van der Waals surface area contributed by atoms with E-state index in [2.05, 4.69) is 55.5 Å². The largest absolute Gasteiger partial charge is 0.457 e. The number of benzene rings is 2. The van der Waals surface area contributed by atoms with Gasteiger partial charge in [-0.15, -0.1) is 0 Å². The summed E-state index contributed by atoms with van der Waals surface area (Å²) in [6.45, 7) is 2.43. The van der Waals surface area contributed by atoms with Crippen molar-refractivity contribution in [1.82, 2.24) is 0 Å². The first-order chi connectivity index (χ1) is 10.3. The summed E-state index contributed by atoms with van der Waals surface area (Å²) in [6.07, 6.45) is 6.79. The van der Waals surface area contributed by atoms with Crippen molar-refractivity contribution in [3.05, 3.63) is 59.7 Å². The van der Waals surface area contributed by atoms with Crippen LogP contribution in [0.1, 0.15) is 50.2 Å². The number of rotatable bonds is 1. The first-order valence-electron chi connectivity index (χ1n) is 8.17. The minimum absolute atomic E-state index is 0.0891. The molecule has 0 bridgehead atoms. The van der Waals surface area contributed by atoms with Crippen molar-refractivity contribution >= 4 is 0 Å². The second kappa shape index (κ2) is 4.91. The second-order valence-corrected chi connectivity index (χ2v) is 6.63. The highest BCUT2D eigenvalue weighted by Crippen LogP contribution is 2.54. The molecule has 108 valence electrons. The van der Waals surface area contributed by atoms with Gasteiger partial charge in [0.25, 0.3) is 0 Å². The smallest absolute Gasteiger partial charge is 0.131 e. The Labute approximate surface area is 127 Å². The van der Waals surface area contributed by atoms with Crippen LogP contribution in [0, 0.1) is 5.92 Å². The summed E-state index contributed by atoms with van der Waals surface area (Å²) in [5, 5.41) is 0. The molecule has 2 aromatic rings. The fourth-order valence-corrected chi connectivity index (χ4v) is 4.35. The summed E-state index contributed by atoms with van der Waals surface area (Å²) in [6, 6.07) is 17.2. The minimum atomic E-state index is 0.0891. The van der Waals surface area contributed by atoms with E-state index in [1.165, 1.54) is 43.2 Å². The quantitative estimate of drug-likeness (QED) is 0.652. The van der Waals surface area contributed by atoms with Gasteiger partial charge in [-0.1, -0.05) is 62.6 Å². The first-order valence-corrected chi connectivity index (χ1v) is 8.17. The molecular weight excluding hydrogens is 256 g/mol. The van der Waals surface area contributed by atoms with Crippen LogP contribution < -0.4 is 4.74 Å². The molecule has 1 saturated carbocycles. The molecule has 1 heteroatoms. The average molecular weight is 278 g/mol. The summed E-state index contributed by atoms with van der Waals surface area (Å²) in [4.78, 5) is 0. The summed E-state index contributed by atoms with van der Waals surface area (Å²) < 4.78 is 6.16. The maximum Gasteiger partial charge on any atom is 0.131 e. The Morgan fingerprint density at radius 1 is 0.810 bits per heavy atom. The second-order valence-electron chi connectivity index (χ2n) is 6.63. The summed E-state index contributed by atoms with van der Waals surface area (Å²) in [5.74, 6) is 2.81. The molecule has 0 amide bonds. The zero-order chi connectivity index (χ0) is 14.3. The molecule has 4 rings (SSSR count). The van der Waals surface area contributed by atoms with Crippen LogP contribution in [0.25, 0.3) is 0 Å². The van der Waals surface area contributed by atoms with Gasteiger partial charge in [-0.25, -0.2) is 0 Å². The average Bonchev–Trinajstić information content (AvgIpc) is 2.56. The standard InChI is InChI=1S/C20H22O/c1-20(15-9-3-2-4-10-15)16-11-5-7-13-18(16)21-19-14-8-6-12-17(19)20/h5-8,11-15H,2-4,9-10H2,1H3. The van der Waals surface area contributed by atoms with Gasteiger partial charge in [0.05, 0.1) is 0 Å². The molecule has 1 aliphatic heterocycles. The molecule has 0 atom stereocenters. The predicted molar refractivity (Wildman–Crippen MR) is 86.0 cm³/mol. The first kappa shape index (κ1) is 12.9. The molecule has 0 unspecified atom stereocenters. The van der Waals surface area contributed by atoms with Crippen molar-refractivity contribution in [2.45, 2.75) is 44.4 Å². The highest BCUT2D eigenvalue weighted by molar-refractivity contribution is 5.57. The molecule has 0 spiro atoms. The Kier molecular flexibility index (Phi) is 3.02. The van der Waals surface area contributed by atoms with Crippen molar-refractivity contribution in [2.24, 2.45) is 5.92 Å². The minimum Gasteiger partial charge on any atom is -0.457 e. The van der Waals surface area contributed by atoms with Crippen molar-refractivity contribution in [2.75, 3.05) is 0 Å². The van der Waals surface area contributed by atoms with E-state index < -0.39 is 0 Å². The third-order valence-electron chi connectivity index (χ3n) is 5.53. The van der Waals surface area contributed by atoms with Crippen LogP contribution in [0.15, 0.2) is 48.5 Å². The molecule has 0 N–H and O–H groups in total. The van der Waals surface area contributed by atoms with Gasteiger partial charge in [0.1, 0.15) is 11.5 Å². The fraction of sp³-hybridized carbons (Fsp3) is 0.400. The maximum absolute atomic E-state index is 6.16. The third kappa shape index (κ3) is 1.91. The van der Waals surface area contributed by atoms with E-state index in [-0.39, 0.29) is 5.41 Å². The van der Waals surface area contributed by atoms with Gasteiger partial charge in [0.2, 0.25) is 0 Å². The topological polar surface area (TPSA) is 9.23 Å². The molecule has 2 aromatic carbocycles. The van der Waals surface area contributed by atoms with Crippen LogP contribution in [0.5, 0.6) is 11.5 Å². The molecule has 0 aromatic heterocycles. The van der Waals surface area contributed by atoms with Crippen LogP contribution in [0.3, 0.4) is 0 Å². The van der Waals surface area contributed by atoms with Crippen molar-refractivity contribution in [1.29, 1.82) is 0 Å². The van der Waals surface area contributed by atoms with Gasteiger partial charge in [-0.2, -0.15) is 0 Å². The fourth-order valence-electron chi connectivity index (χ4n) is 4.35. The van der Waals surface area contributed by atoms with Crippen LogP contribution in [0.2, 0.25) is 0 Å². The molecule has 0 saturated heterocycles. The number of para-hydroxylation sites is 2. The van der Waals surface area contributed by atoms with Gasteiger partial charge in [-0.3, -0.25) is 0 Å². The Balaban J connectivity index is 1.92. The zero-order valence-electron chi connectivity index (χ0n) is 12.6. The van der Waals surface area contributed by atoms with E-state index in [4.69, 9.17) is 4.74 Å². The molecule has 1 fully saturated rings. The normalized spacial score (nSPS) is 20.2. The summed E-state index contributed by atoms with van der Waals surface area (Å²) in [5.41, 5.74) is 2.83. The molecule has 0 radical (unpaired) electrons. The lowest BCUT2D eigenvalue weighted by Crippen LogP contribution is -2.37. The Bertz CT molecular complexity index is 607. The van der Waals surface area contributed by atoms with E-state index in [1.807, 2.05) is 0 Å². The van der Waals surface area contributed by atoms with Gasteiger partial charge in [0.15, 0.2) is 0 Å². The summed E-state index contributed by atoms with van der Waals surface area (Å²) >= 11 is 0. The number of hydrogen-bond acceptors (Lipinski definition) is 1. The lowest BCUT2D eigenvalue weighted by atomic mass is 9.61. The van der Waals surface area contributed by atoms with E-state index in [1.54, 1.807) is 0 Å². The van der Waals surface area contributed by atoms with Gasteiger partial charge < -0.3 is 4.74 Å². The molecule has 21 heavy (non-hydrogen) atoms. The van der Waals surface area contributed by atoms with E-state index in [9.17, 15) is 0 Å². The molecule has 1 aliphatic carbocycles. The lowest BCUT2D eigenvalue weighted by molar-refractivity contribution is 0.236. The van der Waals surface area contributed by atoms with E-state index in [0.29, 0.717) is 0 Å². The van der Waals surface area contributed by atoms with E-state index >= 15 is 0 Å². The maximum atomic E-state index is 6.16. The highest BCUT2D eigenvalue weighted by Gasteiger charge is 2.43. The lowest BCUT2D eigenvalue weighted by Gasteiger charge is -2.44. The third-order valence-corrected chi connectivity index (χ3v) is 5.53. The van der Waals surface area contributed by atoms with Crippen LogP contribution in [-0.2, 0) is 5.41 Å². The Morgan fingerprint density at radius 2 is 1.33 bits per heavy atom. The van der Waals surface area contributed by atoms with Crippen molar-refractivity contribution in [3.8, 4) is 11.5 Å². The summed E-state index contributed by atoms with van der Waals surface area (Å²) in [7, 11) is 0. The van der Waals surface area contributed by atoms with Gasteiger partial charge >= 0.3 is 0 Å². The van der Waals surface area contributed by atoms with Crippen LogP contribution >= 0.6 is 0 Å². The number of fused-ring (bicyclic) bond motifs is 2. The van der Waals surface area contributed by atoms with Gasteiger partial charge in [-0.05, 0) is 30.9 Å². The number of hydrogen-bond donors (Lipinski definition) is 0. The van der Waals surface area contributed by atoms with E-state index in [0.717, 1.165) is 17.4 Å². The van der Waals surface area contributed by atoms with Crippen LogP contribution in [0.4, 0.5) is 0 Å². The van der Waals surface area contributed by atoms with Crippen LogP contribution in [-0.4, -0.2) is 0 Å². The molecule has 2 aliphatic rings. The SMILES string of the molecule is CC1(C2CCCCC2)c2ccccc2Oc2ccccc21. The molecular formula is C20H22O. The Morgan fingerprint density at radius 3 is 1.90 bits per heavy atom.